The average Bonchev–Trinajstić information content (AvgIpc) is 2.97. The number of primary amides is 1. The molecule has 27 heavy (non-hydrogen) atoms. The normalized spacial score (nSPS) is 15.9. The summed E-state index contributed by atoms with van der Waals surface area (Å²) < 4.78 is 5.59. The van der Waals surface area contributed by atoms with Crippen molar-refractivity contribution >= 4 is 39.8 Å². The Balaban J connectivity index is 1.54. The summed E-state index contributed by atoms with van der Waals surface area (Å²) in [6.07, 6.45) is 3.70. The van der Waals surface area contributed by atoms with Crippen molar-refractivity contribution in [2.45, 2.75) is 39.0 Å². The van der Waals surface area contributed by atoms with E-state index in [0.717, 1.165) is 30.6 Å². The zero-order chi connectivity index (χ0) is 19.4. The first-order chi connectivity index (χ1) is 12.9. The molecule has 1 aromatic heterocycles. The van der Waals surface area contributed by atoms with Gasteiger partial charge in [0.1, 0.15) is 10.8 Å². The Hall–Kier alpha value is -2.05. The van der Waals surface area contributed by atoms with Gasteiger partial charge in [0.05, 0.1) is 12.2 Å². The third-order valence-corrected chi connectivity index (χ3v) is 6.06. The lowest BCUT2D eigenvalue weighted by molar-refractivity contribution is -0.116. The number of hydrogen-bond acceptors (Lipinski definition) is 4. The number of rotatable bonds is 7. The van der Waals surface area contributed by atoms with Gasteiger partial charge in [-0.05, 0) is 61.4 Å². The second-order valence-corrected chi connectivity index (χ2v) is 8.42. The van der Waals surface area contributed by atoms with Crippen LogP contribution in [0.1, 0.15) is 47.0 Å². The number of ether oxygens (including phenoxy) is 1. The van der Waals surface area contributed by atoms with Crippen molar-refractivity contribution in [1.29, 1.82) is 0 Å². The third-order valence-electron chi connectivity index (χ3n) is 4.64. The molecule has 0 fully saturated rings. The van der Waals surface area contributed by atoms with E-state index < -0.39 is 5.91 Å². The van der Waals surface area contributed by atoms with Gasteiger partial charge in [-0.15, -0.1) is 11.3 Å². The van der Waals surface area contributed by atoms with Crippen molar-refractivity contribution < 1.29 is 14.3 Å². The molecule has 1 aromatic carbocycles. The first-order valence-corrected chi connectivity index (χ1v) is 10.3. The summed E-state index contributed by atoms with van der Waals surface area (Å²) in [6.45, 7) is 2.63. The molecule has 0 saturated heterocycles. The first kappa shape index (κ1) is 19.7. The Kier molecular flexibility index (Phi) is 6.39. The molecule has 0 aliphatic heterocycles. The summed E-state index contributed by atoms with van der Waals surface area (Å²) in [5.41, 5.74) is 7.09. The average molecular weight is 407 g/mol. The molecule has 1 aliphatic rings. The predicted molar refractivity (Wildman–Crippen MR) is 109 cm³/mol. The molecule has 2 amide bonds. The van der Waals surface area contributed by atoms with Crippen molar-refractivity contribution in [2.75, 3.05) is 11.9 Å². The molecular weight excluding hydrogens is 384 g/mol. The lowest BCUT2D eigenvalue weighted by Gasteiger charge is -2.18. The highest BCUT2D eigenvalue weighted by molar-refractivity contribution is 7.17. The van der Waals surface area contributed by atoms with Crippen LogP contribution in [0.15, 0.2) is 24.3 Å². The standard InChI is InChI=1S/C20H23ClN2O3S/c1-12-4-9-15-16(11-12)27-20(18(15)19(22)25)23-17(24)3-2-10-26-14-7-5-13(21)6-8-14/h5-8,12H,2-4,9-11H2,1H3,(H2,22,25)(H,23,24)/t12-/m1/s1. The highest BCUT2D eigenvalue weighted by Crippen LogP contribution is 2.39. The van der Waals surface area contributed by atoms with Gasteiger partial charge in [0.15, 0.2) is 0 Å². The minimum absolute atomic E-state index is 0.135. The topological polar surface area (TPSA) is 81.4 Å². The molecule has 7 heteroatoms. The molecule has 144 valence electrons. The van der Waals surface area contributed by atoms with E-state index in [2.05, 4.69) is 12.2 Å². The lowest BCUT2D eigenvalue weighted by atomic mass is 9.88. The molecule has 3 rings (SSSR count). The zero-order valence-corrected chi connectivity index (χ0v) is 16.8. The molecule has 0 spiro atoms. The second-order valence-electron chi connectivity index (χ2n) is 6.87. The van der Waals surface area contributed by atoms with Gasteiger partial charge in [-0.3, -0.25) is 9.59 Å². The number of anilines is 1. The predicted octanol–water partition coefficient (Wildman–Crippen LogP) is 4.42. The van der Waals surface area contributed by atoms with Crippen LogP contribution in [-0.2, 0) is 17.6 Å². The maximum atomic E-state index is 12.3. The Morgan fingerprint density at radius 2 is 2.07 bits per heavy atom. The number of nitrogens with one attached hydrogen (secondary N) is 1. The third kappa shape index (κ3) is 5.02. The SMILES string of the molecule is C[C@@H]1CCc2c(sc(NC(=O)CCCOc3ccc(Cl)cc3)c2C(N)=O)C1. The maximum Gasteiger partial charge on any atom is 0.251 e. The summed E-state index contributed by atoms with van der Waals surface area (Å²) in [5.74, 6) is 0.702. The van der Waals surface area contributed by atoms with Crippen LogP contribution in [0.5, 0.6) is 5.75 Å². The van der Waals surface area contributed by atoms with Gasteiger partial charge >= 0.3 is 0 Å². The van der Waals surface area contributed by atoms with Gasteiger partial charge in [0.25, 0.3) is 5.91 Å². The molecule has 5 nitrogen and oxygen atoms in total. The van der Waals surface area contributed by atoms with Gasteiger partial charge in [-0.1, -0.05) is 18.5 Å². The molecule has 0 unspecified atom stereocenters. The molecule has 2 aromatic rings. The van der Waals surface area contributed by atoms with Crippen LogP contribution in [0.3, 0.4) is 0 Å². The lowest BCUT2D eigenvalue weighted by Crippen LogP contribution is -2.19. The number of carbonyl (C=O) groups is 2. The first-order valence-electron chi connectivity index (χ1n) is 9.06. The summed E-state index contributed by atoms with van der Waals surface area (Å²) in [4.78, 5) is 25.4. The van der Waals surface area contributed by atoms with E-state index in [1.807, 2.05) is 0 Å². The molecule has 0 radical (unpaired) electrons. The largest absolute Gasteiger partial charge is 0.494 e. The number of thiophene rings is 1. The van der Waals surface area contributed by atoms with Crippen molar-refractivity contribution in [3.8, 4) is 5.75 Å². The quantitative estimate of drug-likeness (QED) is 0.667. The smallest absolute Gasteiger partial charge is 0.251 e. The Bertz CT molecular complexity index is 832. The molecule has 1 aliphatic carbocycles. The summed E-state index contributed by atoms with van der Waals surface area (Å²) in [6, 6.07) is 7.10. The van der Waals surface area contributed by atoms with Crippen LogP contribution in [-0.4, -0.2) is 18.4 Å². The zero-order valence-electron chi connectivity index (χ0n) is 15.2. The van der Waals surface area contributed by atoms with Gasteiger partial charge in [-0.25, -0.2) is 0 Å². The van der Waals surface area contributed by atoms with Gasteiger partial charge in [0, 0.05) is 16.3 Å². The van der Waals surface area contributed by atoms with Crippen LogP contribution in [0.25, 0.3) is 0 Å². The van der Waals surface area contributed by atoms with Crippen molar-refractivity contribution in [1.82, 2.24) is 0 Å². The molecule has 1 heterocycles. The number of halogens is 1. The van der Waals surface area contributed by atoms with Crippen LogP contribution in [0, 0.1) is 5.92 Å². The number of nitrogens with two attached hydrogens (primary N) is 1. The van der Waals surface area contributed by atoms with Gasteiger partial charge in [-0.2, -0.15) is 0 Å². The number of hydrogen-bond donors (Lipinski definition) is 2. The van der Waals surface area contributed by atoms with Crippen LogP contribution >= 0.6 is 22.9 Å². The van der Waals surface area contributed by atoms with Gasteiger partial charge in [0.2, 0.25) is 5.91 Å². The van der Waals surface area contributed by atoms with Gasteiger partial charge < -0.3 is 15.8 Å². The molecule has 3 N–H and O–H groups in total. The van der Waals surface area contributed by atoms with Crippen molar-refractivity contribution in [3.63, 3.8) is 0 Å². The van der Waals surface area contributed by atoms with E-state index >= 15 is 0 Å². The summed E-state index contributed by atoms with van der Waals surface area (Å²) >= 11 is 7.32. The van der Waals surface area contributed by atoms with E-state index in [1.165, 1.54) is 16.2 Å². The highest BCUT2D eigenvalue weighted by Gasteiger charge is 2.27. The second kappa shape index (κ2) is 8.76. The molecule has 0 bridgehead atoms. The monoisotopic (exact) mass is 406 g/mol. The van der Waals surface area contributed by atoms with E-state index in [-0.39, 0.29) is 5.91 Å². The Labute approximate surface area is 167 Å². The maximum absolute atomic E-state index is 12.3. The number of carbonyl (C=O) groups excluding carboxylic acids is 2. The van der Waals surface area contributed by atoms with Crippen LogP contribution < -0.4 is 15.8 Å². The minimum atomic E-state index is -0.469. The Morgan fingerprint density at radius 3 is 2.78 bits per heavy atom. The molecular formula is C20H23ClN2O3S. The number of amides is 2. The van der Waals surface area contributed by atoms with E-state index in [0.29, 0.717) is 41.0 Å². The number of benzene rings is 1. The van der Waals surface area contributed by atoms with E-state index in [1.54, 1.807) is 24.3 Å². The fraction of sp³-hybridized carbons (Fsp3) is 0.400. The highest BCUT2D eigenvalue weighted by atomic mass is 35.5. The van der Waals surface area contributed by atoms with Crippen LogP contribution in [0.4, 0.5) is 5.00 Å². The fourth-order valence-corrected chi connectivity index (χ4v) is 4.80. The Morgan fingerprint density at radius 1 is 1.33 bits per heavy atom. The minimum Gasteiger partial charge on any atom is -0.494 e. The molecule has 1 atom stereocenters. The molecule has 0 saturated carbocycles. The van der Waals surface area contributed by atoms with Crippen molar-refractivity contribution in [3.05, 3.63) is 45.3 Å². The number of fused-ring (bicyclic) bond motifs is 1. The summed E-state index contributed by atoms with van der Waals surface area (Å²) in [5, 5.41) is 4.12. The van der Waals surface area contributed by atoms with E-state index in [9.17, 15) is 9.59 Å². The fourth-order valence-electron chi connectivity index (χ4n) is 3.24. The van der Waals surface area contributed by atoms with Crippen LogP contribution in [0.2, 0.25) is 5.02 Å². The summed E-state index contributed by atoms with van der Waals surface area (Å²) in [7, 11) is 0. The van der Waals surface area contributed by atoms with Crippen molar-refractivity contribution in [2.24, 2.45) is 11.7 Å². The van der Waals surface area contributed by atoms with E-state index in [4.69, 9.17) is 22.1 Å².